The molecule has 1 aromatic carbocycles. The molecule has 3 rings (SSSR count). The second-order valence-corrected chi connectivity index (χ2v) is 7.48. The largest absolute Gasteiger partial charge is 0.356 e. The molecule has 1 aliphatic heterocycles. The summed E-state index contributed by atoms with van der Waals surface area (Å²) in [6.45, 7) is 6.23. The highest BCUT2D eigenvalue weighted by Crippen LogP contribution is 2.29. The van der Waals surface area contributed by atoms with Gasteiger partial charge < -0.3 is 15.2 Å². The van der Waals surface area contributed by atoms with Gasteiger partial charge in [0.25, 0.3) is 0 Å². The van der Waals surface area contributed by atoms with Crippen molar-refractivity contribution in [2.45, 2.75) is 45.2 Å². The van der Waals surface area contributed by atoms with Crippen LogP contribution in [0.15, 0.2) is 23.2 Å². The lowest BCUT2D eigenvalue weighted by molar-refractivity contribution is 0.506. The van der Waals surface area contributed by atoms with Crippen molar-refractivity contribution in [1.82, 2.24) is 25.4 Å². The van der Waals surface area contributed by atoms with Crippen LogP contribution in [0.2, 0.25) is 5.02 Å². The van der Waals surface area contributed by atoms with Gasteiger partial charge in [0.2, 0.25) is 0 Å². The molecule has 6 nitrogen and oxygen atoms in total. The highest BCUT2D eigenvalue weighted by molar-refractivity contribution is 6.31. The molecule has 0 bridgehead atoms. The summed E-state index contributed by atoms with van der Waals surface area (Å²) >= 11 is 6.21. The Morgan fingerprint density at radius 1 is 1.35 bits per heavy atom. The highest BCUT2D eigenvalue weighted by Gasteiger charge is 2.24. The normalized spacial score (nSPS) is 14.4. The van der Waals surface area contributed by atoms with E-state index in [1.54, 1.807) is 13.1 Å². The maximum absolute atomic E-state index is 13.3. The molecule has 140 valence electrons. The number of hydrogen-bond acceptors (Lipinski definition) is 3. The molecule has 2 heterocycles. The number of nitrogens with zero attached hydrogens (tertiary/aromatic N) is 4. The van der Waals surface area contributed by atoms with Crippen LogP contribution in [0.3, 0.4) is 0 Å². The minimum Gasteiger partial charge on any atom is -0.356 e. The molecule has 1 aromatic heterocycles. The number of aryl methyl sites for hydroxylation is 1. The van der Waals surface area contributed by atoms with E-state index >= 15 is 0 Å². The molecule has 0 saturated heterocycles. The fourth-order valence-electron chi connectivity index (χ4n) is 3.16. The number of fused-ring (bicyclic) bond motifs is 1. The number of aromatic nitrogens is 3. The lowest BCUT2D eigenvalue weighted by Gasteiger charge is -2.27. The standard InChI is InChI=1S/C18H24ClFN6/c1-18(2,13-7-6-12(20)9-14(13)19)11-23-17(21-3)22-10-16-25-24-15-5-4-8-26(15)16/h6-7,9H,4-5,8,10-11H2,1-3H3,(H2,21,22,23). The van der Waals surface area contributed by atoms with E-state index in [9.17, 15) is 4.39 Å². The number of rotatable bonds is 5. The maximum atomic E-state index is 13.3. The van der Waals surface area contributed by atoms with E-state index in [4.69, 9.17) is 11.6 Å². The lowest BCUT2D eigenvalue weighted by atomic mass is 9.84. The third kappa shape index (κ3) is 3.98. The highest BCUT2D eigenvalue weighted by atomic mass is 35.5. The molecule has 0 fully saturated rings. The monoisotopic (exact) mass is 378 g/mol. The van der Waals surface area contributed by atoms with Crippen molar-refractivity contribution >= 4 is 17.6 Å². The first-order valence-electron chi connectivity index (χ1n) is 8.72. The molecule has 1 aliphatic rings. The molecule has 26 heavy (non-hydrogen) atoms. The van der Waals surface area contributed by atoms with Crippen LogP contribution in [0, 0.1) is 5.82 Å². The second kappa shape index (κ2) is 7.61. The van der Waals surface area contributed by atoms with Gasteiger partial charge in [0.05, 0.1) is 6.54 Å². The van der Waals surface area contributed by atoms with E-state index < -0.39 is 0 Å². The van der Waals surface area contributed by atoms with Crippen LogP contribution in [-0.2, 0) is 24.9 Å². The van der Waals surface area contributed by atoms with Crippen LogP contribution in [0.1, 0.15) is 37.5 Å². The van der Waals surface area contributed by atoms with Crippen molar-refractivity contribution in [2.24, 2.45) is 4.99 Å². The minimum absolute atomic E-state index is 0.293. The first-order valence-corrected chi connectivity index (χ1v) is 9.09. The molecule has 0 unspecified atom stereocenters. The van der Waals surface area contributed by atoms with Crippen molar-refractivity contribution in [3.63, 3.8) is 0 Å². The van der Waals surface area contributed by atoms with Gasteiger partial charge in [-0.1, -0.05) is 31.5 Å². The Hall–Kier alpha value is -2.15. The Morgan fingerprint density at radius 2 is 2.15 bits per heavy atom. The summed E-state index contributed by atoms with van der Waals surface area (Å²) in [6, 6.07) is 4.51. The van der Waals surface area contributed by atoms with E-state index in [0.717, 1.165) is 36.6 Å². The molecule has 0 amide bonds. The average Bonchev–Trinajstić information content (AvgIpc) is 3.19. The smallest absolute Gasteiger partial charge is 0.191 e. The topological polar surface area (TPSA) is 67.1 Å². The van der Waals surface area contributed by atoms with Gasteiger partial charge in [-0.3, -0.25) is 4.99 Å². The summed E-state index contributed by atoms with van der Waals surface area (Å²) < 4.78 is 15.4. The predicted molar refractivity (Wildman–Crippen MR) is 101 cm³/mol. The zero-order valence-electron chi connectivity index (χ0n) is 15.3. The average molecular weight is 379 g/mol. The van der Waals surface area contributed by atoms with Crippen LogP contribution in [0.25, 0.3) is 0 Å². The number of hydrogen-bond donors (Lipinski definition) is 2. The zero-order valence-corrected chi connectivity index (χ0v) is 16.1. The molecule has 2 aromatic rings. The van der Waals surface area contributed by atoms with E-state index in [-0.39, 0.29) is 11.2 Å². The number of benzene rings is 1. The lowest BCUT2D eigenvalue weighted by Crippen LogP contribution is -2.43. The molecular formula is C18H24ClFN6. The van der Waals surface area contributed by atoms with Crippen LogP contribution in [0.4, 0.5) is 4.39 Å². The number of aliphatic imine (C=N–C) groups is 1. The third-order valence-electron chi connectivity index (χ3n) is 4.68. The Morgan fingerprint density at radius 3 is 2.88 bits per heavy atom. The molecule has 0 aliphatic carbocycles. The number of nitrogens with one attached hydrogen (secondary N) is 2. The van der Waals surface area contributed by atoms with Gasteiger partial charge in [-0.05, 0) is 24.1 Å². The van der Waals surface area contributed by atoms with Crippen LogP contribution in [0.5, 0.6) is 0 Å². The van der Waals surface area contributed by atoms with Gasteiger partial charge in [-0.2, -0.15) is 0 Å². The van der Waals surface area contributed by atoms with Crippen molar-refractivity contribution in [3.05, 3.63) is 46.3 Å². The van der Waals surface area contributed by atoms with Crippen molar-refractivity contribution in [2.75, 3.05) is 13.6 Å². The summed E-state index contributed by atoms with van der Waals surface area (Å²) in [7, 11) is 1.72. The van der Waals surface area contributed by atoms with Crippen LogP contribution >= 0.6 is 11.6 Å². The van der Waals surface area contributed by atoms with Crippen LogP contribution < -0.4 is 10.6 Å². The van der Waals surface area contributed by atoms with E-state index in [0.29, 0.717) is 24.1 Å². The molecule has 2 N–H and O–H groups in total. The quantitative estimate of drug-likeness (QED) is 0.620. The Kier molecular flexibility index (Phi) is 5.46. The van der Waals surface area contributed by atoms with Crippen LogP contribution in [-0.4, -0.2) is 34.3 Å². The first kappa shape index (κ1) is 18.6. The summed E-state index contributed by atoms with van der Waals surface area (Å²) in [5, 5.41) is 15.5. The van der Waals surface area contributed by atoms with Gasteiger partial charge in [-0.15, -0.1) is 10.2 Å². The van der Waals surface area contributed by atoms with Crippen molar-refractivity contribution in [1.29, 1.82) is 0 Å². The SMILES string of the molecule is CN=C(NCc1nnc2n1CCC2)NCC(C)(C)c1ccc(F)cc1Cl. The van der Waals surface area contributed by atoms with Gasteiger partial charge >= 0.3 is 0 Å². The molecule has 0 atom stereocenters. The molecule has 8 heteroatoms. The van der Waals surface area contributed by atoms with Gasteiger partial charge in [0.15, 0.2) is 11.8 Å². The predicted octanol–water partition coefficient (Wildman–Crippen LogP) is 2.66. The van der Waals surface area contributed by atoms with Crippen molar-refractivity contribution in [3.8, 4) is 0 Å². The van der Waals surface area contributed by atoms with Gasteiger partial charge in [0, 0.05) is 37.0 Å². The first-order chi connectivity index (χ1) is 12.4. The van der Waals surface area contributed by atoms with E-state index in [1.807, 2.05) is 0 Å². The number of guanidine groups is 1. The Bertz CT molecular complexity index is 814. The van der Waals surface area contributed by atoms with E-state index in [2.05, 4.69) is 44.2 Å². The van der Waals surface area contributed by atoms with E-state index in [1.165, 1.54) is 12.1 Å². The second-order valence-electron chi connectivity index (χ2n) is 7.08. The summed E-state index contributed by atoms with van der Waals surface area (Å²) in [5.74, 6) is 2.31. The molecule has 0 spiro atoms. The van der Waals surface area contributed by atoms with Crippen molar-refractivity contribution < 1.29 is 4.39 Å². The number of halogens is 2. The molecule has 0 radical (unpaired) electrons. The summed E-state index contributed by atoms with van der Waals surface area (Å²) in [4.78, 5) is 4.26. The van der Waals surface area contributed by atoms with Gasteiger partial charge in [0.1, 0.15) is 11.6 Å². The minimum atomic E-state index is -0.333. The third-order valence-corrected chi connectivity index (χ3v) is 4.99. The fourth-order valence-corrected chi connectivity index (χ4v) is 3.59. The van der Waals surface area contributed by atoms with Gasteiger partial charge in [-0.25, -0.2) is 4.39 Å². The summed E-state index contributed by atoms with van der Waals surface area (Å²) in [6.07, 6.45) is 2.12. The Labute approximate surface area is 157 Å². The molecular weight excluding hydrogens is 355 g/mol. The summed E-state index contributed by atoms with van der Waals surface area (Å²) in [5.41, 5.74) is 0.595. The zero-order chi connectivity index (χ0) is 18.7. The molecule has 0 saturated carbocycles. The Balaban J connectivity index is 1.59. The maximum Gasteiger partial charge on any atom is 0.191 e. The fraction of sp³-hybridized carbons (Fsp3) is 0.500.